The molecule has 0 saturated heterocycles. The van der Waals surface area contributed by atoms with Crippen molar-refractivity contribution in [3.05, 3.63) is 52.3 Å². The maximum absolute atomic E-state index is 12.5. The van der Waals surface area contributed by atoms with E-state index >= 15 is 0 Å². The van der Waals surface area contributed by atoms with Crippen LogP contribution in [0.15, 0.2) is 24.3 Å². The number of nitrogens with one attached hydrogen (secondary N) is 1. The number of esters is 2. The van der Waals surface area contributed by atoms with Crippen molar-refractivity contribution in [1.29, 1.82) is 0 Å². The molecule has 0 aliphatic heterocycles. The lowest BCUT2D eigenvalue weighted by atomic mass is 10.1. The highest BCUT2D eigenvalue weighted by Gasteiger charge is 2.23. The van der Waals surface area contributed by atoms with E-state index in [2.05, 4.69) is 4.98 Å². The summed E-state index contributed by atoms with van der Waals surface area (Å²) in [4.78, 5) is 39.0. The van der Waals surface area contributed by atoms with E-state index in [0.29, 0.717) is 40.4 Å². The van der Waals surface area contributed by atoms with Crippen molar-refractivity contribution in [2.75, 3.05) is 19.8 Å². The molecule has 0 spiro atoms. The SMILES string of the molecule is CCOC(=O)c1ccc(OCC(=O)c2[nH]c(C)c(C(=O)OCC)c2C)cc1. The van der Waals surface area contributed by atoms with Gasteiger partial charge in [-0.1, -0.05) is 0 Å². The number of aromatic amines is 1. The highest BCUT2D eigenvalue weighted by atomic mass is 16.5. The molecule has 7 nitrogen and oxygen atoms in total. The molecule has 1 heterocycles. The van der Waals surface area contributed by atoms with Gasteiger partial charge in [-0.15, -0.1) is 0 Å². The number of aromatic nitrogens is 1. The molecule has 0 aliphatic rings. The average molecular weight is 373 g/mol. The second-order valence-corrected chi connectivity index (χ2v) is 5.80. The van der Waals surface area contributed by atoms with Crippen molar-refractivity contribution in [2.45, 2.75) is 27.7 Å². The molecule has 0 radical (unpaired) electrons. The Bertz CT molecular complexity index is 835. The Balaban J connectivity index is 2.05. The van der Waals surface area contributed by atoms with Gasteiger partial charge in [0.05, 0.1) is 30.0 Å². The molecule has 0 saturated carbocycles. The minimum Gasteiger partial charge on any atom is -0.485 e. The summed E-state index contributed by atoms with van der Waals surface area (Å²) < 4.78 is 15.4. The number of carbonyl (C=O) groups excluding carboxylic acids is 3. The van der Waals surface area contributed by atoms with Gasteiger partial charge in [-0.05, 0) is 57.5 Å². The van der Waals surface area contributed by atoms with Crippen LogP contribution in [0.2, 0.25) is 0 Å². The van der Waals surface area contributed by atoms with E-state index < -0.39 is 11.9 Å². The number of hydrogen-bond acceptors (Lipinski definition) is 6. The second kappa shape index (κ2) is 9.02. The van der Waals surface area contributed by atoms with Crippen LogP contribution in [0.25, 0.3) is 0 Å². The molecule has 0 amide bonds. The molecule has 0 unspecified atom stereocenters. The highest BCUT2D eigenvalue weighted by molar-refractivity contribution is 6.02. The molecule has 0 bridgehead atoms. The molecule has 144 valence electrons. The van der Waals surface area contributed by atoms with Gasteiger partial charge in [0, 0.05) is 5.69 Å². The summed E-state index contributed by atoms with van der Waals surface area (Å²) in [5.41, 5.74) is 2.22. The predicted octanol–water partition coefficient (Wildman–Crippen LogP) is 3.25. The van der Waals surface area contributed by atoms with E-state index in [1.165, 1.54) is 0 Å². The summed E-state index contributed by atoms with van der Waals surface area (Å²) in [7, 11) is 0. The van der Waals surface area contributed by atoms with Gasteiger partial charge in [0.2, 0.25) is 5.78 Å². The largest absolute Gasteiger partial charge is 0.485 e. The van der Waals surface area contributed by atoms with Crippen molar-refractivity contribution in [2.24, 2.45) is 0 Å². The molecule has 0 fully saturated rings. The van der Waals surface area contributed by atoms with Gasteiger partial charge in [0.1, 0.15) is 5.75 Å². The van der Waals surface area contributed by atoms with Crippen molar-refractivity contribution in [1.82, 2.24) is 4.98 Å². The van der Waals surface area contributed by atoms with Crippen LogP contribution >= 0.6 is 0 Å². The third-order valence-corrected chi connectivity index (χ3v) is 3.93. The first-order chi connectivity index (χ1) is 12.9. The van der Waals surface area contributed by atoms with E-state index in [4.69, 9.17) is 14.2 Å². The predicted molar refractivity (Wildman–Crippen MR) is 98.4 cm³/mol. The minimum atomic E-state index is -0.460. The average Bonchev–Trinajstić information content (AvgIpc) is 2.95. The Hall–Kier alpha value is -3.09. The number of rotatable bonds is 8. The van der Waals surface area contributed by atoms with Gasteiger partial charge < -0.3 is 19.2 Å². The van der Waals surface area contributed by atoms with Crippen LogP contribution in [0.3, 0.4) is 0 Å². The topological polar surface area (TPSA) is 94.7 Å². The number of Topliss-reactive ketones (excluding diaryl/α,β-unsaturated/α-hetero) is 1. The smallest absolute Gasteiger partial charge is 0.340 e. The van der Waals surface area contributed by atoms with Gasteiger partial charge in [-0.2, -0.15) is 0 Å². The molecule has 0 aliphatic carbocycles. The molecule has 2 aromatic rings. The number of ether oxygens (including phenoxy) is 3. The standard InChI is InChI=1S/C20H23NO6/c1-5-25-19(23)14-7-9-15(10-8-14)27-11-16(22)18-12(3)17(13(4)21-18)20(24)26-6-2/h7-10,21H,5-6,11H2,1-4H3. The first-order valence-corrected chi connectivity index (χ1v) is 8.68. The van der Waals surface area contributed by atoms with Crippen LogP contribution in [-0.2, 0) is 9.47 Å². The Kier molecular flexibility index (Phi) is 6.76. The van der Waals surface area contributed by atoms with E-state index in [0.717, 1.165) is 0 Å². The summed E-state index contributed by atoms with van der Waals surface area (Å²) in [6.07, 6.45) is 0. The molecular formula is C20H23NO6. The van der Waals surface area contributed by atoms with E-state index in [-0.39, 0.29) is 19.0 Å². The highest BCUT2D eigenvalue weighted by Crippen LogP contribution is 2.20. The Morgan fingerprint density at radius 2 is 1.52 bits per heavy atom. The van der Waals surface area contributed by atoms with Crippen molar-refractivity contribution >= 4 is 17.7 Å². The second-order valence-electron chi connectivity index (χ2n) is 5.80. The summed E-state index contributed by atoms with van der Waals surface area (Å²) in [5.74, 6) is -0.717. The van der Waals surface area contributed by atoms with E-state index in [1.54, 1.807) is 52.0 Å². The molecule has 0 atom stereocenters. The van der Waals surface area contributed by atoms with E-state index in [1.807, 2.05) is 0 Å². The molecule has 7 heteroatoms. The molecule has 2 rings (SSSR count). The zero-order valence-corrected chi connectivity index (χ0v) is 15.9. The number of ketones is 1. The van der Waals surface area contributed by atoms with Crippen molar-refractivity contribution in [3.63, 3.8) is 0 Å². The number of carbonyl (C=O) groups is 3. The van der Waals surface area contributed by atoms with Gasteiger partial charge in [0.15, 0.2) is 6.61 Å². The van der Waals surface area contributed by atoms with Crippen molar-refractivity contribution in [3.8, 4) is 5.75 Å². The van der Waals surface area contributed by atoms with Crippen molar-refractivity contribution < 1.29 is 28.6 Å². The van der Waals surface area contributed by atoms with Gasteiger partial charge in [-0.3, -0.25) is 4.79 Å². The maximum Gasteiger partial charge on any atom is 0.340 e. The molecule has 1 aromatic carbocycles. The molecule has 1 N–H and O–H groups in total. The lowest BCUT2D eigenvalue weighted by molar-refractivity contribution is 0.0515. The number of hydrogen-bond donors (Lipinski definition) is 1. The fraction of sp³-hybridized carbons (Fsp3) is 0.350. The molecular weight excluding hydrogens is 350 g/mol. The lowest BCUT2D eigenvalue weighted by Crippen LogP contribution is -2.14. The van der Waals surface area contributed by atoms with Crippen LogP contribution in [0.5, 0.6) is 5.75 Å². The van der Waals surface area contributed by atoms with Crippen LogP contribution in [0.1, 0.15) is 56.3 Å². The first kappa shape index (κ1) is 20.2. The monoisotopic (exact) mass is 373 g/mol. The third-order valence-electron chi connectivity index (χ3n) is 3.93. The fourth-order valence-electron chi connectivity index (χ4n) is 2.66. The summed E-state index contributed by atoms with van der Waals surface area (Å²) in [6, 6.07) is 6.33. The third kappa shape index (κ3) is 4.75. The van der Waals surface area contributed by atoms with Crippen LogP contribution < -0.4 is 4.74 Å². The normalized spacial score (nSPS) is 10.4. The van der Waals surface area contributed by atoms with Crippen LogP contribution in [0.4, 0.5) is 0 Å². The number of benzene rings is 1. The quantitative estimate of drug-likeness (QED) is 0.564. The van der Waals surface area contributed by atoms with Gasteiger partial charge >= 0.3 is 11.9 Å². The summed E-state index contributed by atoms with van der Waals surface area (Å²) >= 11 is 0. The Morgan fingerprint density at radius 1 is 0.926 bits per heavy atom. The first-order valence-electron chi connectivity index (χ1n) is 8.68. The Morgan fingerprint density at radius 3 is 2.11 bits per heavy atom. The Labute approximate surface area is 157 Å². The zero-order valence-electron chi connectivity index (χ0n) is 15.9. The maximum atomic E-state index is 12.5. The summed E-state index contributed by atoms with van der Waals surface area (Å²) in [6.45, 7) is 7.22. The summed E-state index contributed by atoms with van der Waals surface area (Å²) in [5, 5.41) is 0. The minimum absolute atomic E-state index is 0.207. The van der Waals surface area contributed by atoms with E-state index in [9.17, 15) is 14.4 Å². The van der Waals surface area contributed by atoms with Gasteiger partial charge in [-0.25, -0.2) is 9.59 Å². The number of H-pyrrole nitrogens is 1. The molecule has 1 aromatic heterocycles. The van der Waals surface area contributed by atoms with Crippen LogP contribution in [0, 0.1) is 13.8 Å². The fourth-order valence-corrected chi connectivity index (χ4v) is 2.66. The van der Waals surface area contributed by atoms with Crippen LogP contribution in [-0.4, -0.2) is 42.5 Å². The molecule has 27 heavy (non-hydrogen) atoms. The zero-order chi connectivity index (χ0) is 20.0. The van der Waals surface area contributed by atoms with Gasteiger partial charge in [0.25, 0.3) is 0 Å². The lowest BCUT2D eigenvalue weighted by Gasteiger charge is -2.07. The number of aryl methyl sites for hydroxylation is 1.